The Morgan fingerprint density at radius 2 is 1.40 bits per heavy atom. The molecule has 5 heavy (non-hydrogen) atoms. The molecule has 0 unspecified atom stereocenters. The molecule has 0 N–H and O–H groups in total. The normalized spacial score (nSPS) is 1.20. The molecule has 0 heterocycles. The molecule has 0 aliphatic rings. The van der Waals surface area contributed by atoms with Crippen molar-refractivity contribution in [2.75, 3.05) is 0 Å². The third-order valence-electron chi connectivity index (χ3n) is 0. The summed E-state index contributed by atoms with van der Waals surface area (Å²) in [5, 5.41) is 0. The van der Waals surface area contributed by atoms with Gasteiger partial charge in [0.25, 0.3) is 0 Å². The summed E-state index contributed by atoms with van der Waals surface area (Å²) in [5.74, 6) is 0. The summed E-state index contributed by atoms with van der Waals surface area (Å²) < 4.78 is 8.38. The van der Waals surface area contributed by atoms with E-state index in [1.165, 1.54) is 0 Å². The number of hydrogen-bond acceptors (Lipinski definition) is 1. The Kier molecular flexibility index (Phi) is 120. The van der Waals surface area contributed by atoms with E-state index in [2.05, 4.69) is 0 Å². The van der Waals surface area contributed by atoms with Crippen LogP contribution in [0.15, 0.2) is 0 Å². The predicted octanol–water partition coefficient (Wildman–Crippen LogP) is -0.280. The Bertz CT molecular complexity index is 17.7. The summed E-state index contributed by atoms with van der Waals surface area (Å²) >= 11 is 0.125. The molecule has 0 saturated heterocycles. The van der Waals surface area contributed by atoms with Crippen LogP contribution in [-0.2, 0) is 38.9 Å². The average Bonchev–Trinajstić information content (AvgIpc) is 1.00. The van der Waals surface area contributed by atoms with Crippen LogP contribution in [0.1, 0.15) is 2.85 Å². The molecule has 0 aromatic carbocycles. The third-order valence-corrected chi connectivity index (χ3v) is 0. The van der Waals surface area contributed by atoms with Crippen molar-refractivity contribution in [3.8, 4) is 0 Å². The fourth-order valence-electron chi connectivity index (χ4n) is 0. The van der Waals surface area contributed by atoms with Crippen molar-refractivity contribution in [3.05, 3.63) is 0 Å². The minimum absolute atomic E-state index is 0. The van der Waals surface area contributed by atoms with Crippen LogP contribution in [0, 0.1) is 35.6 Å². The Morgan fingerprint density at radius 3 is 1.40 bits per heavy atom. The van der Waals surface area contributed by atoms with Crippen molar-refractivity contribution in [2.24, 2.45) is 0 Å². The molecular weight excluding hydrogens is 363 g/mol. The van der Waals surface area contributed by atoms with E-state index >= 15 is 0 Å². The smallest absolute Gasteiger partial charge is 2.00 e. The molecule has 0 amide bonds. The molecule has 0 bridgehead atoms. The van der Waals surface area contributed by atoms with E-state index in [0.29, 0.717) is 0 Å². The van der Waals surface area contributed by atoms with Crippen LogP contribution in [0.5, 0.6) is 0 Å². The van der Waals surface area contributed by atoms with Crippen LogP contribution in [-0.4, -0.2) is 45.5 Å². The van der Waals surface area contributed by atoms with Crippen molar-refractivity contribution in [2.45, 2.75) is 0 Å². The Labute approximate surface area is 120 Å². The van der Waals surface area contributed by atoms with Gasteiger partial charge in [-0.05, 0) is 0 Å². The van der Waals surface area contributed by atoms with Crippen LogP contribution in [0.25, 0.3) is 0 Å². The zero-order valence-electron chi connectivity index (χ0n) is 4.78. The summed E-state index contributed by atoms with van der Waals surface area (Å²) in [6, 6.07) is 0. The van der Waals surface area contributed by atoms with E-state index in [4.69, 9.17) is 3.57 Å². The van der Waals surface area contributed by atoms with E-state index in [1.807, 2.05) is 0 Å². The van der Waals surface area contributed by atoms with Crippen LogP contribution >= 0.6 is 0 Å². The fourth-order valence-corrected chi connectivity index (χ4v) is 0. The first kappa shape index (κ1) is 23.5. The molecule has 22 valence electrons. The Hall–Kier alpha value is 3.62. The minimum Gasteiger partial charge on any atom is 2.00 e. The molecule has 0 atom stereocenters. The number of hydrogen-bond donors (Lipinski definition) is 0. The van der Waals surface area contributed by atoms with E-state index in [-0.39, 0.29) is 119 Å². The van der Waals surface area contributed by atoms with Crippen molar-refractivity contribution < 1.29 is 77.3 Å². The monoisotopic (exact) mass is 364 g/mol. The minimum atomic E-state index is 0. The topological polar surface area (TPSA) is 17.1 Å². The van der Waals surface area contributed by atoms with E-state index < -0.39 is 0 Å². The molecule has 5 heteroatoms. The van der Waals surface area contributed by atoms with Crippen LogP contribution in [0.4, 0.5) is 0 Å². The second kappa shape index (κ2) is 25.5. The van der Waals surface area contributed by atoms with Gasteiger partial charge in [-0.15, -0.1) is 0 Å². The first-order valence-corrected chi connectivity index (χ1v) is 1.50. The maximum atomic E-state index is 8.38. The van der Waals surface area contributed by atoms with Gasteiger partial charge in [-0.2, -0.15) is 0 Å². The predicted molar refractivity (Wildman–Crippen MR) is 8.66 cm³/mol. The van der Waals surface area contributed by atoms with Gasteiger partial charge < -0.3 is 2.85 Å². The molecule has 0 aromatic heterocycles. The van der Waals surface area contributed by atoms with Gasteiger partial charge in [0.15, 0.2) is 0 Å². The molecule has 0 rings (SSSR count). The van der Waals surface area contributed by atoms with Gasteiger partial charge in [0.05, 0.1) is 0 Å². The summed E-state index contributed by atoms with van der Waals surface area (Å²) in [5.41, 5.74) is 0. The van der Waals surface area contributed by atoms with Crippen molar-refractivity contribution in [3.63, 3.8) is 0 Å². The number of rotatable bonds is 0. The maximum Gasteiger partial charge on any atom is 2.00 e. The SMILES string of the molecule is [H-].[H-].[La].[Mn].[O]=[Zn].[Sr+2]. The first-order valence-electron chi connectivity index (χ1n) is 0.289. The van der Waals surface area contributed by atoms with E-state index in [1.54, 1.807) is 0 Å². The maximum absolute atomic E-state index is 8.38. The molecule has 0 aromatic rings. The van der Waals surface area contributed by atoms with Gasteiger partial charge in [-0.1, -0.05) is 0 Å². The summed E-state index contributed by atoms with van der Waals surface area (Å²) in [6.45, 7) is 0. The van der Waals surface area contributed by atoms with Gasteiger partial charge in [-0.3, -0.25) is 0 Å². The molecule has 0 aliphatic carbocycles. The summed E-state index contributed by atoms with van der Waals surface area (Å²) in [4.78, 5) is 0. The molecule has 0 saturated carbocycles. The first-order chi connectivity index (χ1) is 1.00. The molecular formula is H2LaMnOSrZn. The van der Waals surface area contributed by atoms with Gasteiger partial charge in [0.1, 0.15) is 0 Å². The summed E-state index contributed by atoms with van der Waals surface area (Å²) in [7, 11) is 0. The molecule has 2 radical (unpaired) electrons. The zero-order valence-corrected chi connectivity index (χ0v) is 14.0. The van der Waals surface area contributed by atoms with E-state index in [9.17, 15) is 0 Å². The van der Waals surface area contributed by atoms with Gasteiger partial charge >= 0.3 is 67.3 Å². The molecule has 1 nitrogen and oxygen atoms in total. The molecule has 0 aliphatic heterocycles. The molecule has 0 fully saturated rings. The third kappa shape index (κ3) is 18.4. The van der Waals surface area contributed by atoms with Crippen LogP contribution in [0.3, 0.4) is 0 Å². The Morgan fingerprint density at radius 1 is 1.40 bits per heavy atom. The standard InChI is InChI=1S/La.Mn.O.Sr.Zn.2H/q;;;+2;;2*-1. The summed E-state index contributed by atoms with van der Waals surface area (Å²) in [6.07, 6.45) is 0. The largest absolute Gasteiger partial charge is 2.00 e. The second-order valence-corrected chi connectivity index (χ2v) is 0. The van der Waals surface area contributed by atoms with Crippen molar-refractivity contribution in [1.82, 2.24) is 0 Å². The van der Waals surface area contributed by atoms with Gasteiger partial charge in [0, 0.05) is 52.7 Å². The van der Waals surface area contributed by atoms with Crippen LogP contribution < -0.4 is 0 Å². The van der Waals surface area contributed by atoms with Gasteiger partial charge in [0.2, 0.25) is 0 Å². The fraction of sp³-hybridized carbons (Fsp3) is 0. The van der Waals surface area contributed by atoms with E-state index in [0.717, 1.165) is 0 Å². The van der Waals surface area contributed by atoms with Gasteiger partial charge in [-0.25, -0.2) is 0 Å². The van der Waals surface area contributed by atoms with Crippen molar-refractivity contribution >= 4 is 45.5 Å². The zero-order chi connectivity index (χ0) is 2.00. The quantitative estimate of drug-likeness (QED) is 0.540. The van der Waals surface area contributed by atoms with Crippen molar-refractivity contribution in [1.29, 1.82) is 0 Å². The average molecular weight is 365 g/mol. The second-order valence-electron chi connectivity index (χ2n) is 0. The molecule has 0 spiro atoms. The van der Waals surface area contributed by atoms with Crippen LogP contribution in [0.2, 0.25) is 0 Å². The Balaban J connectivity index is -0.000000000500.